The van der Waals surface area contributed by atoms with Crippen LogP contribution in [-0.2, 0) is 6.42 Å². The topological polar surface area (TPSA) is 61.4 Å². The van der Waals surface area contributed by atoms with E-state index >= 15 is 0 Å². The number of carbonyl (C=O) groups is 1. The van der Waals surface area contributed by atoms with E-state index < -0.39 is 5.60 Å². The molecule has 0 saturated heterocycles. The molecule has 1 aliphatic carbocycles. The van der Waals surface area contributed by atoms with E-state index in [1.807, 2.05) is 42.5 Å². The summed E-state index contributed by atoms with van der Waals surface area (Å²) in [6, 6.07) is 17.7. The SMILES string of the molecule is O=C(NCC1(O)CCCC1)Nc1ccccc1Cc1ccccc1. The molecule has 0 radical (unpaired) electrons. The molecule has 0 spiro atoms. The number of anilines is 1. The monoisotopic (exact) mass is 324 g/mol. The number of hydrogen-bond donors (Lipinski definition) is 3. The van der Waals surface area contributed by atoms with E-state index in [2.05, 4.69) is 22.8 Å². The second-order valence-electron chi connectivity index (χ2n) is 6.56. The fraction of sp³-hybridized carbons (Fsp3) is 0.350. The summed E-state index contributed by atoms with van der Waals surface area (Å²) in [7, 11) is 0. The lowest BCUT2D eigenvalue weighted by atomic mass is 10.0. The largest absolute Gasteiger partial charge is 0.388 e. The van der Waals surface area contributed by atoms with E-state index in [9.17, 15) is 9.90 Å². The number of rotatable bonds is 5. The van der Waals surface area contributed by atoms with Crippen LogP contribution in [0.15, 0.2) is 54.6 Å². The average molecular weight is 324 g/mol. The first-order chi connectivity index (χ1) is 11.6. The van der Waals surface area contributed by atoms with E-state index in [4.69, 9.17) is 0 Å². The molecule has 2 aromatic carbocycles. The van der Waals surface area contributed by atoms with Gasteiger partial charge in [-0.1, -0.05) is 61.4 Å². The van der Waals surface area contributed by atoms with Crippen LogP contribution in [0.4, 0.5) is 10.5 Å². The lowest BCUT2D eigenvalue weighted by molar-refractivity contribution is 0.0506. The number of benzene rings is 2. The summed E-state index contributed by atoms with van der Waals surface area (Å²) in [5, 5.41) is 16.0. The van der Waals surface area contributed by atoms with Gasteiger partial charge >= 0.3 is 6.03 Å². The van der Waals surface area contributed by atoms with E-state index in [-0.39, 0.29) is 6.03 Å². The highest BCUT2D eigenvalue weighted by Gasteiger charge is 2.31. The van der Waals surface area contributed by atoms with Crippen molar-refractivity contribution in [1.82, 2.24) is 5.32 Å². The van der Waals surface area contributed by atoms with Gasteiger partial charge in [0.25, 0.3) is 0 Å². The number of aliphatic hydroxyl groups is 1. The minimum Gasteiger partial charge on any atom is -0.388 e. The van der Waals surface area contributed by atoms with E-state index in [0.717, 1.165) is 43.4 Å². The molecule has 0 atom stereocenters. The van der Waals surface area contributed by atoms with E-state index in [1.165, 1.54) is 5.56 Å². The first kappa shape index (κ1) is 16.5. The van der Waals surface area contributed by atoms with Gasteiger partial charge in [-0.3, -0.25) is 0 Å². The molecule has 1 fully saturated rings. The van der Waals surface area contributed by atoms with Gasteiger partial charge in [0.05, 0.1) is 5.60 Å². The van der Waals surface area contributed by atoms with Crippen LogP contribution in [0.25, 0.3) is 0 Å². The first-order valence-corrected chi connectivity index (χ1v) is 8.54. The molecule has 24 heavy (non-hydrogen) atoms. The Morgan fingerprint density at radius 2 is 1.67 bits per heavy atom. The van der Waals surface area contributed by atoms with Crippen LogP contribution in [0.2, 0.25) is 0 Å². The Morgan fingerprint density at radius 3 is 2.42 bits per heavy atom. The van der Waals surface area contributed by atoms with Gasteiger partial charge in [0, 0.05) is 12.2 Å². The predicted molar refractivity (Wildman–Crippen MR) is 96.1 cm³/mol. The molecule has 3 N–H and O–H groups in total. The molecule has 0 aromatic heterocycles. The molecule has 0 heterocycles. The van der Waals surface area contributed by atoms with Crippen LogP contribution in [0.1, 0.15) is 36.8 Å². The van der Waals surface area contributed by atoms with Crippen molar-refractivity contribution in [2.24, 2.45) is 0 Å². The lowest BCUT2D eigenvalue weighted by Crippen LogP contribution is -2.42. The maximum atomic E-state index is 12.2. The maximum Gasteiger partial charge on any atom is 0.319 e. The van der Waals surface area contributed by atoms with Gasteiger partial charge in [0.15, 0.2) is 0 Å². The molecule has 2 aromatic rings. The van der Waals surface area contributed by atoms with Crippen molar-refractivity contribution in [1.29, 1.82) is 0 Å². The third kappa shape index (κ3) is 4.36. The standard InChI is InChI=1S/C20H24N2O2/c23-19(21-15-20(24)12-6-7-13-20)22-18-11-5-4-10-17(18)14-16-8-2-1-3-9-16/h1-5,8-11,24H,6-7,12-15H2,(H2,21,22,23). The average Bonchev–Trinajstić information content (AvgIpc) is 3.03. The molecule has 0 bridgehead atoms. The Bertz CT molecular complexity index is 679. The Morgan fingerprint density at radius 1 is 1.00 bits per heavy atom. The predicted octanol–water partition coefficient (Wildman–Crippen LogP) is 3.70. The van der Waals surface area contributed by atoms with Crippen molar-refractivity contribution < 1.29 is 9.90 Å². The zero-order chi connectivity index (χ0) is 16.8. The molecule has 3 rings (SSSR count). The van der Waals surface area contributed by atoms with Crippen molar-refractivity contribution in [2.75, 3.05) is 11.9 Å². The third-order valence-corrected chi connectivity index (χ3v) is 4.62. The highest BCUT2D eigenvalue weighted by molar-refractivity contribution is 5.90. The van der Waals surface area contributed by atoms with Gasteiger partial charge in [-0.25, -0.2) is 4.79 Å². The van der Waals surface area contributed by atoms with Crippen LogP contribution in [0, 0.1) is 0 Å². The van der Waals surface area contributed by atoms with Crippen LogP contribution in [0.3, 0.4) is 0 Å². The molecule has 1 aliphatic rings. The molecule has 126 valence electrons. The minimum absolute atomic E-state index is 0.268. The number of hydrogen-bond acceptors (Lipinski definition) is 2. The normalized spacial score (nSPS) is 15.9. The molecule has 2 amide bonds. The Balaban J connectivity index is 1.61. The molecule has 4 nitrogen and oxygen atoms in total. The smallest absolute Gasteiger partial charge is 0.319 e. The highest BCUT2D eigenvalue weighted by atomic mass is 16.3. The second kappa shape index (κ2) is 7.49. The summed E-state index contributed by atoms with van der Waals surface area (Å²) in [5.41, 5.74) is 2.34. The number of nitrogens with one attached hydrogen (secondary N) is 2. The van der Waals surface area contributed by atoms with Crippen molar-refractivity contribution in [3.63, 3.8) is 0 Å². The van der Waals surface area contributed by atoms with Crippen molar-refractivity contribution in [2.45, 2.75) is 37.7 Å². The van der Waals surface area contributed by atoms with Gasteiger partial charge in [0.1, 0.15) is 0 Å². The van der Waals surface area contributed by atoms with Gasteiger partial charge in [-0.15, -0.1) is 0 Å². The van der Waals surface area contributed by atoms with Crippen molar-refractivity contribution in [3.8, 4) is 0 Å². The van der Waals surface area contributed by atoms with E-state index in [0.29, 0.717) is 6.54 Å². The molecular weight excluding hydrogens is 300 g/mol. The molecule has 4 heteroatoms. The first-order valence-electron chi connectivity index (χ1n) is 8.54. The van der Waals surface area contributed by atoms with Gasteiger partial charge in [-0.2, -0.15) is 0 Å². The highest BCUT2D eigenvalue weighted by Crippen LogP contribution is 2.28. The van der Waals surface area contributed by atoms with Crippen LogP contribution in [-0.4, -0.2) is 23.3 Å². The van der Waals surface area contributed by atoms with Crippen LogP contribution in [0.5, 0.6) is 0 Å². The zero-order valence-electron chi connectivity index (χ0n) is 13.8. The van der Waals surface area contributed by atoms with Gasteiger partial charge < -0.3 is 15.7 Å². The summed E-state index contributed by atoms with van der Waals surface area (Å²) < 4.78 is 0. The Labute approximate surface area is 142 Å². The van der Waals surface area contributed by atoms with Crippen molar-refractivity contribution >= 4 is 11.7 Å². The minimum atomic E-state index is -0.735. The van der Waals surface area contributed by atoms with Crippen LogP contribution < -0.4 is 10.6 Å². The zero-order valence-corrected chi connectivity index (χ0v) is 13.8. The number of para-hydroxylation sites is 1. The third-order valence-electron chi connectivity index (χ3n) is 4.62. The maximum absolute atomic E-state index is 12.2. The van der Waals surface area contributed by atoms with Crippen LogP contribution >= 0.6 is 0 Å². The summed E-state index contributed by atoms with van der Waals surface area (Å²) in [4.78, 5) is 12.2. The molecular formula is C20H24N2O2. The van der Waals surface area contributed by atoms with Gasteiger partial charge in [0.2, 0.25) is 0 Å². The fourth-order valence-corrected chi connectivity index (χ4v) is 3.23. The Kier molecular flexibility index (Phi) is 5.16. The lowest BCUT2D eigenvalue weighted by Gasteiger charge is -2.22. The summed E-state index contributed by atoms with van der Waals surface area (Å²) in [5.74, 6) is 0. The summed E-state index contributed by atoms with van der Waals surface area (Å²) >= 11 is 0. The van der Waals surface area contributed by atoms with Gasteiger partial charge in [-0.05, 0) is 36.5 Å². The molecule has 0 aliphatic heterocycles. The second-order valence-corrected chi connectivity index (χ2v) is 6.56. The summed E-state index contributed by atoms with van der Waals surface area (Å²) in [6.07, 6.45) is 4.34. The number of amides is 2. The number of urea groups is 1. The fourth-order valence-electron chi connectivity index (χ4n) is 3.23. The molecule has 1 saturated carbocycles. The van der Waals surface area contributed by atoms with E-state index in [1.54, 1.807) is 0 Å². The molecule has 0 unspecified atom stereocenters. The van der Waals surface area contributed by atoms with Crippen molar-refractivity contribution in [3.05, 3.63) is 65.7 Å². The quantitative estimate of drug-likeness (QED) is 0.785. The number of carbonyl (C=O) groups excluding carboxylic acids is 1. The summed E-state index contributed by atoms with van der Waals surface area (Å²) in [6.45, 7) is 0.305. The Hall–Kier alpha value is -2.33.